The van der Waals surface area contributed by atoms with Gasteiger partial charge in [-0.1, -0.05) is 22.9 Å². The molecule has 0 amide bonds. The number of nitrogens with one attached hydrogen (secondary N) is 1. The number of benzene rings is 1. The van der Waals surface area contributed by atoms with Crippen molar-refractivity contribution in [3.05, 3.63) is 52.5 Å². The maximum Gasteiger partial charge on any atom is 0.165 e. The van der Waals surface area contributed by atoms with Crippen molar-refractivity contribution in [2.24, 2.45) is 0 Å². The predicted octanol–water partition coefficient (Wildman–Crippen LogP) is 4.28. The van der Waals surface area contributed by atoms with Gasteiger partial charge in [-0.15, -0.1) is 0 Å². The quantitative estimate of drug-likeness (QED) is 0.798. The molecule has 0 spiro atoms. The summed E-state index contributed by atoms with van der Waals surface area (Å²) in [7, 11) is 0. The number of nitrogens with zero attached hydrogens (tertiary/aromatic N) is 1. The third kappa shape index (κ3) is 4.28. The second-order valence-corrected chi connectivity index (χ2v) is 5.30. The second-order valence-electron chi connectivity index (χ2n) is 4.38. The zero-order valence-electron chi connectivity index (χ0n) is 11.2. The highest BCUT2D eigenvalue weighted by Crippen LogP contribution is 2.27. The van der Waals surface area contributed by atoms with Crippen molar-refractivity contribution in [2.75, 3.05) is 6.54 Å². The molecule has 20 heavy (non-hydrogen) atoms. The van der Waals surface area contributed by atoms with Crippen molar-refractivity contribution >= 4 is 15.9 Å². The van der Waals surface area contributed by atoms with Crippen LogP contribution in [-0.4, -0.2) is 11.5 Å². The first-order valence-electron chi connectivity index (χ1n) is 6.46. The topological polar surface area (TPSA) is 34.2 Å². The molecule has 0 aliphatic heterocycles. The van der Waals surface area contributed by atoms with Crippen LogP contribution in [0.25, 0.3) is 0 Å². The summed E-state index contributed by atoms with van der Waals surface area (Å²) in [5.41, 5.74) is 1.01. The molecule has 1 N–H and O–H groups in total. The van der Waals surface area contributed by atoms with Crippen LogP contribution in [0.3, 0.4) is 0 Å². The lowest BCUT2D eigenvalue weighted by Crippen LogP contribution is -2.13. The Labute approximate surface area is 126 Å². The molecule has 0 fully saturated rings. The number of pyridine rings is 1. The minimum Gasteiger partial charge on any atom is -0.453 e. The average Bonchev–Trinajstić information content (AvgIpc) is 2.44. The van der Waals surface area contributed by atoms with Crippen molar-refractivity contribution in [3.8, 4) is 11.5 Å². The van der Waals surface area contributed by atoms with E-state index in [2.05, 4.69) is 33.2 Å². The molecular formula is C15H16BrFN2O. The third-order valence-corrected chi connectivity index (χ3v) is 3.14. The number of rotatable bonds is 6. The summed E-state index contributed by atoms with van der Waals surface area (Å²) >= 11 is 3.29. The van der Waals surface area contributed by atoms with Crippen LogP contribution < -0.4 is 10.1 Å². The summed E-state index contributed by atoms with van der Waals surface area (Å²) < 4.78 is 19.9. The molecule has 1 aromatic carbocycles. The molecule has 1 aromatic heterocycles. The van der Waals surface area contributed by atoms with Crippen LogP contribution in [0.4, 0.5) is 4.39 Å². The van der Waals surface area contributed by atoms with E-state index in [1.165, 1.54) is 6.07 Å². The van der Waals surface area contributed by atoms with E-state index in [1.807, 2.05) is 6.07 Å². The van der Waals surface area contributed by atoms with Gasteiger partial charge in [0.05, 0.1) is 6.20 Å². The summed E-state index contributed by atoms with van der Waals surface area (Å²) in [5.74, 6) is 0.306. The SMILES string of the molecule is CCCNCc1cncc(Oc2cc(Br)ccc2F)c1. The summed E-state index contributed by atoms with van der Waals surface area (Å²) in [6.45, 7) is 3.78. The molecule has 0 bridgehead atoms. The van der Waals surface area contributed by atoms with Gasteiger partial charge in [0.2, 0.25) is 0 Å². The first-order valence-corrected chi connectivity index (χ1v) is 7.26. The van der Waals surface area contributed by atoms with Crippen LogP contribution in [-0.2, 0) is 6.54 Å². The lowest BCUT2D eigenvalue weighted by Gasteiger charge is -2.09. The molecular weight excluding hydrogens is 323 g/mol. The van der Waals surface area contributed by atoms with Gasteiger partial charge in [-0.25, -0.2) is 4.39 Å². The predicted molar refractivity (Wildman–Crippen MR) is 80.4 cm³/mol. The van der Waals surface area contributed by atoms with Crippen molar-refractivity contribution < 1.29 is 9.13 Å². The zero-order valence-corrected chi connectivity index (χ0v) is 12.8. The lowest BCUT2D eigenvalue weighted by molar-refractivity contribution is 0.439. The fraction of sp³-hybridized carbons (Fsp3) is 0.267. The average molecular weight is 339 g/mol. The minimum atomic E-state index is -0.400. The van der Waals surface area contributed by atoms with Gasteiger partial charge in [0, 0.05) is 17.2 Å². The Bertz CT molecular complexity index is 578. The van der Waals surface area contributed by atoms with Crippen LogP contribution in [0.5, 0.6) is 11.5 Å². The van der Waals surface area contributed by atoms with Gasteiger partial charge in [-0.3, -0.25) is 4.98 Å². The van der Waals surface area contributed by atoms with E-state index in [1.54, 1.807) is 24.5 Å². The molecule has 3 nitrogen and oxygen atoms in total. The van der Waals surface area contributed by atoms with E-state index in [0.717, 1.165) is 29.5 Å². The molecule has 0 unspecified atom stereocenters. The van der Waals surface area contributed by atoms with Crippen LogP contribution in [0, 0.1) is 5.82 Å². The molecule has 0 saturated carbocycles. The number of hydrogen-bond donors (Lipinski definition) is 1. The second kappa shape index (κ2) is 7.36. The number of halogens is 2. The normalized spacial score (nSPS) is 10.6. The highest BCUT2D eigenvalue weighted by Gasteiger charge is 2.06. The molecule has 5 heteroatoms. The Morgan fingerprint density at radius 3 is 2.95 bits per heavy atom. The van der Waals surface area contributed by atoms with Crippen molar-refractivity contribution in [1.82, 2.24) is 10.3 Å². The Morgan fingerprint density at radius 1 is 1.30 bits per heavy atom. The van der Waals surface area contributed by atoms with Crippen molar-refractivity contribution in [1.29, 1.82) is 0 Å². The Kier molecular flexibility index (Phi) is 5.49. The third-order valence-electron chi connectivity index (χ3n) is 2.65. The van der Waals surface area contributed by atoms with Crippen LogP contribution in [0.2, 0.25) is 0 Å². The van der Waals surface area contributed by atoms with Gasteiger partial charge < -0.3 is 10.1 Å². The molecule has 1 heterocycles. The van der Waals surface area contributed by atoms with Gasteiger partial charge in [-0.2, -0.15) is 0 Å². The van der Waals surface area contributed by atoms with E-state index in [-0.39, 0.29) is 5.75 Å². The summed E-state index contributed by atoms with van der Waals surface area (Å²) in [5, 5.41) is 3.29. The summed E-state index contributed by atoms with van der Waals surface area (Å²) in [6.07, 6.45) is 4.42. The molecule has 0 radical (unpaired) electrons. The van der Waals surface area contributed by atoms with E-state index < -0.39 is 5.82 Å². The van der Waals surface area contributed by atoms with Gasteiger partial charge in [-0.05, 0) is 42.8 Å². The summed E-state index contributed by atoms with van der Waals surface area (Å²) in [4.78, 5) is 4.11. The molecule has 106 valence electrons. The van der Waals surface area contributed by atoms with Gasteiger partial charge in [0.1, 0.15) is 5.75 Å². The smallest absolute Gasteiger partial charge is 0.165 e. The lowest BCUT2D eigenvalue weighted by atomic mass is 10.2. The van der Waals surface area contributed by atoms with Crippen LogP contribution >= 0.6 is 15.9 Å². The Morgan fingerprint density at radius 2 is 2.15 bits per heavy atom. The standard InChI is InChI=1S/C15H16BrFN2O/c1-2-5-18-8-11-6-13(10-19-9-11)20-15-7-12(16)3-4-14(15)17/h3-4,6-7,9-10,18H,2,5,8H2,1H3. The minimum absolute atomic E-state index is 0.180. The van der Waals surface area contributed by atoms with Crippen molar-refractivity contribution in [3.63, 3.8) is 0 Å². The fourth-order valence-corrected chi connectivity index (χ4v) is 2.05. The molecule has 0 saturated heterocycles. The number of hydrogen-bond acceptors (Lipinski definition) is 3. The highest BCUT2D eigenvalue weighted by molar-refractivity contribution is 9.10. The van der Waals surface area contributed by atoms with Crippen LogP contribution in [0.1, 0.15) is 18.9 Å². The maximum absolute atomic E-state index is 13.6. The van der Waals surface area contributed by atoms with Gasteiger partial charge in [0.25, 0.3) is 0 Å². The first kappa shape index (κ1) is 14.9. The maximum atomic E-state index is 13.6. The summed E-state index contributed by atoms with van der Waals surface area (Å²) in [6, 6.07) is 6.44. The Balaban J connectivity index is 2.09. The van der Waals surface area contributed by atoms with E-state index in [4.69, 9.17) is 4.74 Å². The number of ether oxygens (including phenoxy) is 1. The van der Waals surface area contributed by atoms with E-state index in [9.17, 15) is 4.39 Å². The Hall–Kier alpha value is -1.46. The van der Waals surface area contributed by atoms with E-state index >= 15 is 0 Å². The fourth-order valence-electron chi connectivity index (χ4n) is 1.71. The van der Waals surface area contributed by atoms with Crippen LogP contribution in [0.15, 0.2) is 41.1 Å². The number of aromatic nitrogens is 1. The molecule has 0 atom stereocenters. The van der Waals surface area contributed by atoms with Gasteiger partial charge >= 0.3 is 0 Å². The van der Waals surface area contributed by atoms with Crippen molar-refractivity contribution in [2.45, 2.75) is 19.9 Å². The molecule has 0 aliphatic carbocycles. The van der Waals surface area contributed by atoms with Gasteiger partial charge in [0.15, 0.2) is 11.6 Å². The monoisotopic (exact) mass is 338 g/mol. The first-order chi connectivity index (χ1) is 9.69. The largest absolute Gasteiger partial charge is 0.453 e. The zero-order chi connectivity index (χ0) is 14.4. The van der Waals surface area contributed by atoms with E-state index in [0.29, 0.717) is 5.75 Å². The molecule has 0 aliphatic rings. The molecule has 2 rings (SSSR count). The molecule has 2 aromatic rings. The highest BCUT2D eigenvalue weighted by atomic mass is 79.9.